The van der Waals surface area contributed by atoms with Crippen LogP contribution in [0.1, 0.15) is 31.9 Å². The van der Waals surface area contributed by atoms with Crippen molar-refractivity contribution in [2.75, 3.05) is 13.1 Å². The number of piperidine rings is 1. The molecule has 1 heterocycles. The van der Waals surface area contributed by atoms with Crippen LogP contribution in [0.4, 0.5) is 8.78 Å². The number of carbonyl (C=O) groups is 2. The highest BCUT2D eigenvalue weighted by molar-refractivity contribution is 6.15. The van der Waals surface area contributed by atoms with Crippen LogP contribution in [0.25, 0.3) is 12.2 Å². The van der Waals surface area contributed by atoms with Crippen LogP contribution in [0, 0.1) is 17.0 Å². The van der Waals surface area contributed by atoms with Crippen LogP contribution < -0.4 is 0 Å². The third kappa shape index (κ3) is 4.67. The van der Waals surface area contributed by atoms with Crippen molar-refractivity contribution in [3.8, 4) is 0 Å². The van der Waals surface area contributed by atoms with Crippen molar-refractivity contribution in [1.29, 1.82) is 0 Å². The fraction of sp³-hybridized carbons (Fsp3) is 0.250. The Labute approximate surface area is 169 Å². The van der Waals surface area contributed by atoms with Gasteiger partial charge in [0.25, 0.3) is 0 Å². The van der Waals surface area contributed by atoms with E-state index < -0.39 is 17.0 Å². The van der Waals surface area contributed by atoms with Gasteiger partial charge in [0.2, 0.25) is 5.91 Å². The van der Waals surface area contributed by atoms with E-state index in [0.717, 1.165) is 0 Å². The van der Waals surface area contributed by atoms with Gasteiger partial charge in [-0.1, -0.05) is 57.2 Å². The fourth-order valence-electron chi connectivity index (χ4n) is 3.22. The summed E-state index contributed by atoms with van der Waals surface area (Å²) in [6.07, 6.45) is 2.93. The quantitative estimate of drug-likeness (QED) is 0.679. The second kappa shape index (κ2) is 8.11. The first kappa shape index (κ1) is 20.6. The molecule has 0 saturated carbocycles. The highest BCUT2D eigenvalue weighted by Crippen LogP contribution is 2.27. The number of rotatable bonds is 2. The third-order valence-electron chi connectivity index (χ3n) is 4.70. The van der Waals surface area contributed by atoms with Crippen LogP contribution in [0.2, 0.25) is 0 Å². The molecule has 1 aliphatic heterocycles. The zero-order valence-corrected chi connectivity index (χ0v) is 16.7. The molecule has 1 fully saturated rings. The molecule has 2 aromatic rings. The second-order valence-electron chi connectivity index (χ2n) is 8.12. The standard InChI is InChI=1S/C24H23F2NO2/c1-24(2,3)23(29)27-14-18(12-16-8-4-6-10-20(16)25)22(28)19(15-27)13-17-9-5-7-11-21(17)26/h4-13H,14-15H2,1-3H3/b18-12+,19-13+. The Morgan fingerprint density at radius 2 is 1.28 bits per heavy atom. The number of ketones is 1. The maximum Gasteiger partial charge on any atom is 0.228 e. The summed E-state index contributed by atoms with van der Waals surface area (Å²) < 4.78 is 28.2. The zero-order valence-electron chi connectivity index (χ0n) is 16.7. The maximum absolute atomic E-state index is 14.1. The topological polar surface area (TPSA) is 37.4 Å². The monoisotopic (exact) mass is 395 g/mol. The molecule has 0 unspecified atom stereocenters. The van der Waals surface area contributed by atoms with E-state index in [9.17, 15) is 18.4 Å². The van der Waals surface area contributed by atoms with Gasteiger partial charge < -0.3 is 4.90 Å². The first-order valence-corrected chi connectivity index (χ1v) is 9.41. The average molecular weight is 395 g/mol. The number of nitrogens with zero attached hydrogens (tertiary/aromatic N) is 1. The lowest BCUT2D eigenvalue weighted by Crippen LogP contribution is -2.46. The number of benzene rings is 2. The molecule has 0 spiro atoms. The number of hydrogen-bond donors (Lipinski definition) is 0. The minimum Gasteiger partial charge on any atom is -0.333 e. The summed E-state index contributed by atoms with van der Waals surface area (Å²) in [5.74, 6) is -1.35. The van der Waals surface area contributed by atoms with Crippen LogP contribution in [0.3, 0.4) is 0 Å². The van der Waals surface area contributed by atoms with E-state index in [-0.39, 0.29) is 35.9 Å². The van der Waals surface area contributed by atoms with Gasteiger partial charge in [-0.3, -0.25) is 9.59 Å². The molecule has 0 atom stereocenters. The molecule has 1 aliphatic rings. The van der Waals surface area contributed by atoms with Gasteiger partial charge in [0, 0.05) is 40.8 Å². The summed E-state index contributed by atoms with van der Waals surface area (Å²) >= 11 is 0. The number of likely N-dealkylation sites (tertiary alicyclic amines) is 1. The average Bonchev–Trinajstić information content (AvgIpc) is 2.67. The molecular formula is C24H23F2NO2. The SMILES string of the molecule is CC(C)(C)C(=O)N1C/C(=C\c2ccccc2F)C(=O)/C(=C/c2ccccc2F)C1. The summed E-state index contributed by atoms with van der Waals surface area (Å²) in [7, 11) is 0. The first-order valence-electron chi connectivity index (χ1n) is 9.41. The minimum atomic E-state index is -0.646. The van der Waals surface area contributed by atoms with Crippen LogP contribution in [-0.2, 0) is 9.59 Å². The van der Waals surface area contributed by atoms with Gasteiger partial charge in [-0.05, 0) is 24.3 Å². The molecule has 1 saturated heterocycles. The van der Waals surface area contributed by atoms with Gasteiger partial charge >= 0.3 is 0 Å². The number of hydrogen-bond acceptors (Lipinski definition) is 2. The van der Waals surface area contributed by atoms with E-state index >= 15 is 0 Å². The molecule has 0 bridgehead atoms. The number of amides is 1. The molecule has 5 heteroatoms. The molecule has 150 valence electrons. The fourth-order valence-corrected chi connectivity index (χ4v) is 3.22. The zero-order chi connectivity index (χ0) is 21.2. The van der Waals surface area contributed by atoms with Gasteiger partial charge in [-0.15, -0.1) is 0 Å². The predicted octanol–water partition coefficient (Wildman–Crippen LogP) is 4.89. The lowest BCUT2D eigenvalue weighted by molar-refractivity contribution is -0.139. The van der Waals surface area contributed by atoms with Crippen molar-refractivity contribution < 1.29 is 18.4 Å². The lowest BCUT2D eigenvalue weighted by Gasteiger charge is -2.34. The van der Waals surface area contributed by atoms with Crippen molar-refractivity contribution >= 4 is 23.8 Å². The van der Waals surface area contributed by atoms with Crippen molar-refractivity contribution in [3.63, 3.8) is 0 Å². The van der Waals surface area contributed by atoms with Crippen molar-refractivity contribution in [2.45, 2.75) is 20.8 Å². The third-order valence-corrected chi connectivity index (χ3v) is 4.70. The molecule has 0 aromatic heterocycles. The van der Waals surface area contributed by atoms with E-state index in [4.69, 9.17) is 0 Å². The van der Waals surface area contributed by atoms with Gasteiger partial charge in [-0.25, -0.2) is 8.78 Å². The largest absolute Gasteiger partial charge is 0.333 e. The van der Waals surface area contributed by atoms with Crippen LogP contribution in [-0.4, -0.2) is 29.7 Å². The normalized spacial score (nSPS) is 17.8. The van der Waals surface area contributed by atoms with Gasteiger partial charge in [0.15, 0.2) is 5.78 Å². The van der Waals surface area contributed by atoms with Crippen LogP contribution in [0.15, 0.2) is 59.7 Å². The summed E-state index contributed by atoms with van der Waals surface area (Å²) in [6.45, 7) is 5.56. The van der Waals surface area contributed by atoms with Crippen LogP contribution >= 0.6 is 0 Å². The predicted molar refractivity (Wildman–Crippen MR) is 110 cm³/mol. The summed E-state index contributed by atoms with van der Waals surface area (Å²) in [5.41, 5.74) is 0.479. The van der Waals surface area contributed by atoms with Gasteiger partial charge in [0.1, 0.15) is 11.6 Å². The second-order valence-corrected chi connectivity index (χ2v) is 8.12. The maximum atomic E-state index is 14.1. The number of carbonyl (C=O) groups excluding carboxylic acids is 2. The Morgan fingerprint density at radius 1 is 0.862 bits per heavy atom. The van der Waals surface area contributed by atoms with E-state index in [1.54, 1.807) is 62.1 Å². The molecule has 0 radical (unpaired) electrons. The van der Waals surface area contributed by atoms with E-state index in [0.29, 0.717) is 11.1 Å². The molecule has 3 nitrogen and oxygen atoms in total. The molecule has 2 aromatic carbocycles. The molecule has 3 rings (SSSR count). The minimum absolute atomic E-state index is 0.0812. The Balaban J connectivity index is 2.07. The Hall–Kier alpha value is -3.08. The highest BCUT2D eigenvalue weighted by atomic mass is 19.1. The lowest BCUT2D eigenvalue weighted by atomic mass is 9.89. The Bertz CT molecular complexity index is 948. The highest BCUT2D eigenvalue weighted by Gasteiger charge is 2.34. The van der Waals surface area contributed by atoms with Gasteiger partial charge in [0.05, 0.1) is 0 Å². The molecule has 29 heavy (non-hydrogen) atoms. The van der Waals surface area contributed by atoms with Crippen molar-refractivity contribution in [2.24, 2.45) is 5.41 Å². The molecular weight excluding hydrogens is 372 g/mol. The summed E-state index contributed by atoms with van der Waals surface area (Å²) in [4.78, 5) is 27.5. The number of Topliss-reactive ketones (excluding diaryl/α,β-unsaturated/α-hetero) is 1. The van der Waals surface area contributed by atoms with Crippen LogP contribution in [0.5, 0.6) is 0 Å². The Morgan fingerprint density at radius 3 is 1.66 bits per heavy atom. The van der Waals surface area contributed by atoms with Crippen molar-refractivity contribution in [1.82, 2.24) is 4.90 Å². The van der Waals surface area contributed by atoms with E-state index in [2.05, 4.69) is 0 Å². The number of halogens is 2. The summed E-state index contributed by atoms with van der Waals surface area (Å²) in [6, 6.07) is 12.3. The van der Waals surface area contributed by atoms with E-state index in [1.165, 1.54) is 24.3 Å². The molecule has 0 aliphatic carbocycles. The smallest absolute Gasteiger partial charge is 0.228 e. The Kier molecular flexibility index (Phi) is 5.78. The van der Waals surface area contributed by atoms with Gasteiger partial charge in [-0.2, -0.15) is 0 Å². The van der Waals surface area contributed by atoms with Crippen molar-refractivity contribution in [3.05, 3.63) is 82.4 Å². The first-order chi connectivity index (χ1) is 13.7. The summed E-state index contributed by atoms with van der Waals surface area (Å²) in [5, 5.41) is 0. The molecule has 0 N–H and O–H groups in total. The molecule has 1 amide bonds. The van der Waals surface area contributed by atoms with E-state index in [1.807, 2.05) is 0 Å².